The molecule has 0 aliphatic carbocycles. The number of esters is 1. The van der Waals surface area contributed by atoms with Crippen LogP contribution in [-0.2, 0) is 4.74 Å². The van der Waals surface area contributed by atoms with Crippen LogP contribution in [0.2, 0.25) is 0 Å². The summed E-state index contributed by atoms with van der Waals surface area (Å²) in [7, 11) is 1.35. The molecule has 5 rings (SSSR count). The van der Waals surface area contributed by atoms with Gasteiger partial charge in [0.15, 0.2) is 5.65 Å². The summed E-state index contributed by atoms with van der Waals surface area (Å²) >= 11 is 0. The van der Waals surface area contributed by atoms with Crippen LogP contribution in [0.5, 0.6) is 0 Å². The van der Waals surface area contributed by atoms with Crippen LogP contribution in [0.3, 0.4) is 0 Å². The van der Waals surface area contributed by atoms with Crippen molar-refractivity contribution in [2.75, 3.05) is 13.7 Å². The SMILES string of the molecule is COC(=O)c1ccc(-c2ccc(-n3c(=O)n(C4CCN(C(=O)O)C4C(C)(C)C)c4ncc(C)cc43)cc2)cc1. The number of carbonyl (C=O) groups is 2. The minimum absolute atomic E-state index is 0.246. The van der Waals surface area contributed by atoms with E-state index in [0.29, 0.717) is 35.4 Å². The van der Waals surface area contributed by atoms with Gasteiger partial charge in [0.2, 0.25) is 0 Å². The molecule has 4 aromatic rings. The van der Waals surface area contributed by atoms with E-state index >= 15 is 0 Å². The Morgan fingerprint density at radius 2 is 1.64 bits per heavy atom. The van der Waals surface area contributed by atoms with Crippen LogP contribution >= 0.6 is 0 Å². The van der Waals surface area contributed by atoms with Crippen LogP contribution in [0, 0.1) is 12.3 Å². The van der Waals surface area contributed by atoms with Crippen molar-refractivity contribution in [3.8, 4) is 16.8 Å². The van der Waals surface area contributed by atoms with Crippen molar-refractivity contribution in [1.29, 1.82) is 0 Å². The third kappa shape index (κ3) is 4.58. The van der Waals surface area contributed by atoms with Gasteiger partial charge in [0.05, 0.1) is 36.0 Å². The van der Waals surface area contributed by atoms with E-state index < -0.39 is 6.09 Å². The van der Waals surface area contributed by atoms with E-state index in [1.807, 2.05) is 70.2 Å². The number of imidazole rings is 1. The molecule has 1 N–H and O–H groups in total. The molecule has 3 heterocycles. The molecule has 202 valence electrons. The lowest BCUT2D eigenvalue weighted by molar-refractivity contribution is 0.0600. The standard InChI is InChI=1S/C30H32N4O5/c1-18-16-24-26(31-17-18)34(23-14-15-32(29(37)38)25(23)30(2,3)4)28(36)33(24)22-12-10-20(11-13-22)19-6-8-21(9-7-19)27(35)39-5/h6-13,16-17,23,25H,14-15H2,1-5H3,(H,37,38). The topological polar surface area (TPSA) is 107 Å². The first-order chi connectivity index (χ1) is 18.5. The summed E-state index contributed by atoms with van der Waals surface area (Å²) in [6.07, 6.45) is 1.29. The Bertz CT molecular complexity index is 1610. The Kier molecular flexibility index (Phi) is 6.54. The van der Waals surface area contributed by atoms with Gasteiger partial charge in [-0.2, -0.15) is 0 Å². The highest BCUT2D eigenvalue weighted by Crippen LogP contribution is 2.40. The number of hydrogen-bond acceptors (Lipinski definition) is 5. The van der Waals surface area contributed by atoms with Gasteiger partial charge in [-0.1, -0.05) is 45.0 Å². The molecular weight excluding hydrogens is 496 g/mol. The first-order valence-electron chi connectivity index (χ1n) is 12.9. The summed E-state index contributed by atoms with van der Waals surface area (Å²) in [6.45, 7) is 8.30. The van der Waals surface area contributed by atoms with Crippen LogP contribution in [0.4, 0.5) is 4.79 Å². The smallest absolute Gasteiger partial charge is 0.407 e. The van der Waals surface area contributed by atoms with Crippen LogP contribution in [-0.4, -0.2) is 55.9 Å². The first kappa shape index (κ1) is 26.2. The number of fused-ring (bicyclic) bond motifs is 1. The summed E-state index contributed by atoms with van der Waals surface area (Å²) in [5, 5.41) is 9.88. The number of amides is 1. The van der Waals surface area contributed by atoms with Gasteiger partial charge in [-0.15, -0.1) is 0 Å². The van der Waals surface area contributed by atoms with Gasteiger partial charge in [-0.3, -0.25) is 9.13 Å². The lowest BCUT2D eigenvalue weighted by atomic mass is 9.82. The van der Waals surface area contributed by atoms with E-state index in [1.165, 1.54) is 12.0 Å². The second-order valence-electron chi connectivity index (χ2n) is 11.1. The van der Waals surface area contributed by atoms with Gasteiger partial charge in [0, 0.05) is 12.7 Å². The maximum Gasteiger partial charge on any atom is 0.407 e. The number of hydrogen-bond donors (Lipinski definition) is 1. The lowest BCUT2D eigenvalue weighted by Gasteiger charge is -2.37. The number of aryl methyl sites for hydroxylation is 1. The number of nitrogens with zero attached hydrogens (tertiary/aromatic N) is 4. The number of aromatic nitrogens is 3. The number of carbonyl (C=O) groups excluding carboxylic acids is 1. The summed E-state index contributed by atoms with van der Waals surface area (Å²) in [5.74, 6) is -0.390. The van der Waals surface area contributed by atoms with Crippen molar-refractivity contribution in [1.82, 2.24) is 19.0 Å². The molecule has 0 spiro atoms. The maximum atomic E-state index is 14.1. The molecule has 9 nitrogen and oxygen atoms in total. The zero-order chi connectivity index (χ0) is 28.1. The van der Waals surface area contributed by atoms with Crippen molar-refractivity contribution in [2.45, 2.75) is 46.2 Å². The Labute approximate surface area is 226 Å². The highest BCUT2D eigenvalue weighted by atomic mass is 16.5. The van der Waals surface area contributed by atoms with E-state index in [2.05, 4.69) is 4.98 Å². The van der Waals surface area contributed by atoms with Gasteiger partial charge in [0.25, 0.3) is 0 Å². The molecule has 0 bridgehead atoms. The highest BCUT2D eigenvalue weighted by Gasteiger charge is 2.46. The molecule has 1 saturated heterocycles. The average molecular weight is 529 g/mol. The van der Waals surface area contributed by atoms with E-state index in [4.69, 9.17) is 4.74 Å². The highest BCUT2D eigenvalue weighted by molar-refractivity contribution is 5.90. The predicted octanol–water partition coefficient (Wildman–Crippen LogP) is 5.29. The molecule has 1 aliphatic heterocycles. The van der Waals surface area contributed by atoms with E-state index in [9.17, 15) is 19.5 Å². The monoisotopic (exact) mass is 528 g/mol. The minimum Gasteiger partial charge on any atom is -0.465 e. The number of methoxy groups -OCH3 is 1. The normalized spacial score (nSPS) is 17.5. The number of rotatable bonds is 4. The van der Waals surface area contributed by atoms with Crippen LogP contribution in [0.25, 0.3) is 28.0 Å². The van der Waals surface area contributed by atoms with Crippen molar-refractivity contribution in [2.24, 2.45) is 5.41 Å². The van der Waals surface area contributed by atoms with Crippen molar-refractivity contribution in [3.63, 3.8) is 0 Å². The minimum atomic E-state index is -0.978. The lowest BCUT2D eigenvalue weighted by Crippen LogP contribution is -2.47. The molecule has 2 atom stereocenters. The maximum absolute atomic E-state index is 14.1. The molecule has 39 heavy (non-hydrogen) atoms. The van der Waals surface area contributed by atoms with E-state index in [-0.39, 0.29) is 29.2 Å². The molecule has 2 unspecified atom stereocenters. The summed E-state index contributed by atoms with van der Waals surface area (Å²) in [6, 6.07) is 16.0. The number of ether oxygens (including phenoxy) is 1. The number of carboxylic acid groups (broad SMARTS) is 1. The van der Waals surface area contributed by atoms with Gasteiger partial charge >= 0.3 is 17.8 Å². The fourth-order valence-electron chi connectivity index (χ4n) is 5.77. The first-order valence-corrected chi connectivity index (χ1v) is 12.9. The molecule has 9 heteroatoms. The Morgan fingerprint density at radius 3 is 2.21 bits per heavy atom. The largest absolute Gasteiger partial charge is 0.465 e. The molecule has 0 radical (unpaired) electrons. The van der Waals surface area contributed by atoms with Gasteiger partial charge < -0.3 is 14.7 Å². The molecule has 2 aromatic heterocycles. The van der Waals surface area contributed by atoms with E-state index in [1.54, 1.807) is 27.5 Å². The fraction of sp³-hybridized carbons (Fsp3) is 0.333. The summed E-state index contributed by atoms with van der Waals surface area (Å²) in [5.41, 5.74) is 4.52. The van der Waals surface area contributed by atoms with Crippen molar-refractivity contribution in [3.05, 3.63) is 82.4 Å². The average Bonchev–Trinajstić information content (AvgIpc) is 3.47. The number of pyridine rings is 1. The van der Waals surface area contributed by atoms with Crippen LogP contribution in [0.1, 0.15) is 49.2 Å². The van der Waals surface area contributed by atoms with Gasteiger partial charge in [0.1, 0.15) is 0 Å². The Balaban J connectivity index is 1.60. The summed E-state index contributed by atoms with van der Waals surface area (Å²) in [4.78, 5) is 44.0. The van der Waals surface area contributed by atoms with Crippen LogP contribution in [0.15, 0.2) is 65.6 Å². The second-order valence-corrected chi connectivity index (χ2v) is 11.1. The fourth-order valence-corrected chi connectivity index (χ4v) is 5.77. The van der Waals surface area contributed by atoms with Crippen molar-refractivity contribution >= 4 is 23.2 Å². The second kappa shape index (κ2) is 9.72. The summed E-state index contributed by atoms with van der Waals surface area (Å²) < 4.78 is 8.12. The third-order valence-electron chi connectivity index (χ3n) is 7.45. The molecule has 0 saturated carbocycles. The van der Waals surface area contributed by atoms with Gasteiger partial charge in [-0.05, 0) is 65.8 Å². The predicted molar refractivity (Wildman–Crippen MR) is 148 cm³/mol. The van der Waals surface area contributed by atoms with E-state index in [0.717, 1.165) is 16.7 Å². The zero-order valence-corrected chi connectivity index (χ0v) is 22.7. The quantitative estimate of drug-likeness (QED) is 0.361. The van der Waals surface area contributed by atoms with Crippen molar-refractivity contribution < 1.29 is 19.4 Å². The Morgan fingerprint density at radius 1 is 1.03 bits per heavy atom. The van der Waals surface area contributed by atoms with Gasteiger partial charge in [-0.25, -0.2) is 19.4 Å². The molecule has 1 aliphatic rings. The zero-order valence-electron chi connectivity index (χ0n) is 22.7. The third-order valence-corrected chi connectivity index (χ3v) is 7.45. The Hall–Kier alpha value is -4.40. The molecule has 1 amide bonds. The number of benzene rings is 2. The molecule has 1 fully saturated rings. The van der Waals surface area contributed by atoms with Crippen LogP contribution < -0.4 is 5.69 Å². The molecular formula is C30H32N4O5. The molecule has 2 aromatic carbocycles. The number of likely N-dealkylation sites (tertiary alicyclic amines) is 1.